The van der Waals surface area contributed by atoms with Crippen LogP contribution in [-0.2, 0) is 17.8 Å². The van der Waals surface area contributed by atoms with Gasteiger partial charge in [-0.25, -0.2) is 4.98 Å². The summed E-state index contributed by atoms with van der Waals surface area (Å²) in [5.41, 5.74) is 2.18. The van der Waals surface area contributed by atoms with Crippen LogP contribution < -0.4 is 5.32 Å². The molecule has 0 saturated carbocycles. The number of aromatic nitrogens is 2. The van der Waals surface area contributed by atoms with Crippen LogP contribution in [0.4, 0.5) is 0 Å². The molecular formula is C15H23N3O2. The highest BCUT2D eigenvalue weighted by Gasteiger charge is 2.12. The number of aliphatic hydroxyl groups is 1. The van der Waals surface area contributed by atoms with Gasteiger partial charge >= 0.3 is 0 Å². The van der Waals surface area contributed by atoms with Gasteiger partial charge in [0.05, 0.1) is 36.8 Å². The van der Waals surface area contributed by atoms with Crippen LogP contribution in [0, 0.1) is 0 Å². The largest absolute Gasteiger partial charge is 0.395 e. The van der Waals surface area contributed by atoms with Gasteiger partial charge < -0.3 is 19.7 Å². The van der Waals surface area contributed by atoms with E-state index in [1.807, 2.05) is 18.2 Å². The second-order valence-corrected chi connectivity index (χ2v) is 4.88. The van der Waals surface area contributed by atoms with Crippen LogP contribution >= 0.6 is 0 Å². The first kappa shape index (κ1) is 15.0. The van der Waals surface area contributed by atoms with Crippen molar-refractivity contribution in [2.75, 3.05) is 20.3 Å². The quantitative estimate of drug-likeness (QED) is 0.768. The van der Waals surface area contributed by atoms with Gasteiger partial charge in [0, 0.05) is 13.7 Å². The van der Waals surface area contributed by atoms with Gasteiger partial charge in [-0.2, -0.15) is 0 Å². The van der Waals surface area contributed by atoms with Crippen LogP contribution in [0.1, 0.15) is 19.2 Å². The van der Waals surface area contributed by atoms with E-state index in [4.69, 9.17) is 4.74 Å². The second-order valence-electron chi connectivity index (χ2n) is 4.88. The fourth-order valence-corrected chi connectivity index (χ4v) is 2.35. The van der Waals surface area contributed by atoms with Gasteiger partial charge in [0.2, 0.25) is 0 Å². The Balaban J connectivity index is 2.17. The number of imidazole rings is 1. The third kappa shape index (κ3) is 3.36. The fourth-order valence-electron chi connectivity index (χ4n) is 2.35. The second kappa shape index (κ2) is 7.38. The Morgan fingerprint density at radius 2 is 2.20 bits per heavy atom. The Morgan fingerprint density at radius 3 is 2.90 bits per heavy atom. The highest BCUT2D eigenvalue weighted by molar-refractivity contribution is 5.75. The number of hydrogen-bond donors (Lipinski definition) is 2. The van der Waals surface area contributed by atoms with E-state index >= 15 is 0 Å². The van der Waals surface area contributed by atoms with Crippen LogP contribution in [0.5, 0.6) is 0 Å². The lowest BCUT2D eigenvalue weighted by Crippen LogP contribution is -2.36. The molecule has 1 aromatic heterocycles. The van der Waals surface area contributed by atoms with Crippen molar-refractivity contribution in [3.63, 3.8) is 0 Å². The maximum Gasteiger partial charge on any atom is 0.123 e. The number of nitrogens with zero attached hydrogens (tertiary/aromatic N) is 2. The zero-order valence-corrected chi connectivity index (χ0v) is 12.2. The molecule has 0 spiro atoms. The average molecular weight is 277 g/mol. The van der Waals surface area contributed by atoms with Crippen molar-refractivity contribution in [1.29, 1.82) is 0 Å². The summed E-state index contributed by atoms with van der Waals surface area (Å²) < 4.78 is 7.31. The molecule has 0 aliphatic heterocycles. The van der Waals surface area contributed by atoms with E-state index in [9.17, 15) is 5.11 Å². The van der Waals surface area contributed by atoms with E-state index in [2.05, 4.69) is 27.9 Å². The summed E-state index contributed by atoms with van der Waals surface area (Å²) >= 11 is 0. The third-order valence-electron chi connectivity index (χ3n) is 3.32. The lowest BCUT2D eigenvalue weighted by atomic mass is 10.3. The van der Waals surface area contributed by atoms with E-state index in [0.29, 0.717) is 13.2 Å². The molecule has 1 aromatic carbocycles. The van der Waals surface area contributed by atoms with Crippen molar-refractivity contribution in [3.8, 4) is 0 Å². The molecule has 1 atom stereocenters. The van der Waals surface area contributed by atoms with Crippen LogP contribution in [0.3, 0.4) is 0 Å². The highest BCUT2D eigenvalue weighted by atomic mass is 16.5. The first-order valence-electron chi connectivity index (χ1n) is 7.07. The molecule has 0 bridgehead atoms. The summed E-state index contributed by atoms with van der Waals surface area (Å²) in [7, 11) is 1.64. The monoisotopic (exact) mass is 277 g/mol. The topological polar surface area (TPSA) is 59.3 Å². The van der Waals surface area contributed by atoms with Crippen LogP contribution in [-0.4, -0.2) is 41.0 Å². The Labute approximate surface area is 119 Å². The fraction of sp³-hybridized carbons (Fsp3) is 0.533. The lowest BCUT2D eigenvalue weighted by Gasteiger charge is -2.15. The van der Waals surface area contributed by atoms with Gasteiger partial charge in [-0.3, -0.25) is 0 Å². The molecule has 0 amide bonds. The van der Waals surface area contributed by atoms with Gasteiger partial charge in [0.1, 0.15) is 5.82 Å². The number of nitrogens with one attached hydrogen (secondary N) is 1. The van der Waals surface area contributed by atoms with E-state index in [1.165, 1.54) is 5.52 Å². The molecule has 0 aliphatic rings. The average Bonchev–Trinajstić information content (AvgIpc) is 2.82. The molecule has 0 radical (unpaired) electrons. The Bertz CT molecular complexity index is 539. The summed E-state index contributed by atoms with van der Waals surface area (Å²) in [5, 5.41) is 12.6. The van der Waals surface area contributed by atoms with Crippen molar-refractivity contribution in [1.82, 2.24) is 14.9 Å². The summed E-state index contributed by atoms with van der Waals surface area (Å²) in [6.07, 6.45) is 1.06. The number of aliphatic hydroxyl groups excluding tert-OH is 1. The van der Waals surface area contributed by atoms with Gasteiger partial charge in [-0.05, 0) is 18.6 Å². The number of ether oxygens (including phenoxy) is 1. The van der Waals surface area contributed by atoms with Crippen molar-refractivity contribution in [2.24, 2.45) is 0 Å². The minimum Gasteiger partial charge on any atom is -0.395 e. The van der Waals surface area contributed by atoms with E-state index in [0.717, 1.165) is 24.3 Å². The Hall–Kier alpha value is -1.43. The maximum absolute atomic E-state index is 9.28. The van der Waals surface area contributed by atoms with Crippen LogP contribution in [0.15, 0.2) is 24.3 Å². The first-order valence-corrected chi connectivity index (χ1v) is 7.07. The lowest BCUT2D eigenvalue weighted by molar-refractivity contribution is 0.127. The van der Waals surface area contributed by atoms with Crippen molar-refractivity contribution in [3.05, 3.63) is 30.1 Å². The normalized spacial score (nSPS) is 12.9. The minimum atomic E-state index is -0.0603. The summed E-state index contributed by atoms with van der Waals surface area (Å²) in [6, 6.07) is 8.11. The van der Waals surface area contributed by atoms with Crippen molar-refractivity contribution < 1.29 is 9.84 Å². The molecule has 0 aliphatic carbocycles. The minimum absolute atomic E-state index is 0.0574. The molecule has 2 N–H and O–H groups in total. The maximum atomic E-state index is 9.28. The molecule has 5 nitrogen and oxygen atoms in total. The number of rotatable bonds is 8. The zero-order chi connectivity index (χ0) is 14.4. The number of hydrogen-bond acceptors (Lipinski definition) is 4. The van der Waals surface area contributed by atoms with Crippen LogP contribution in [0.2, 0.25) is 0 Å². The standard InChI is InChI=1S/C15H23N3O2/c1-3-8-18-14-7-5-4-6-13(14)17-15(18)9-16-12(10-19)11-20-2/h4-7,12,16,19H,3,8-11H2,1-2H3. The third-order valence-corrected chi connectivity index (χ3v) is 3.32. The van der Waals surface area contributed by atoms with Crippen molar-refractivity contribution in [2.45, 2.75) is 32.5 Å². The first-order chi connectivity index (χ1) is 9.80. The molecular weight excluding hydrogens is 254 g/mol. The Morgan fingerprint density at radius 1 is 1.40 bits per heavy atom. The number of methoxy groups -OCH3 is 1. The van der Waals surface area contributed by atoms with E-state index in [1.54, 1.807) is 7.11 Å². The molecule has 0 saturated heterocycles. The summed E-state index contributed by atoms with van der Waals surface area (Å²) in [4.78, 5) is 4.68. The van der Waals surface area contributed by atoms with Gasteiger partial charge in [0.25, 0.3) is 0 Å². The molecule has 0 fully saturated rings. The molecule has 110 valence electrons. The zero-order valence-electron chi connectivity index (χ0n) is 12.2. The van der Waals surface area contributed by atoms with Crippen molar-refractivity contribution >= 4 is 11.0 Å². The molecule has 2 rings (SSSR count). The van der Waals surface area contributed by atoms with Crippen LogP contribution in [0.25, 0.3) is 11.0 Å². The van der Waals surface area contributed by atoms with E-state index < -0.39 is 0 Å². The molecule has 1 heterocycles. The molecule has 2 aromatic rings. The Kier molecular flexibility index (Phi) is 5.52. The highest BCUT2D eigenvalue weighted by Crippen LogP contribution is 2.16. The number of fused-ring (bicyclic) bond motifs is 1. The van der Waals surface area contributed by atoms with E-state index in [-0.39, 0.29) is 12.6 Å². The van der Waals surface area contributed by atoms with Gasteiger partial charge in [-0.1, -0.05) is 19.1 Å². The number of benzene rings is 1. The summed E-state index contributed by atoms with van der Waals surface area (Å²) in [5.74, 6) is 1.00. The molecule has 5 heteroatoms. The molecule has 20 heavy (non-hydrogen) atoms. The SMILES string of the molecule is CCCn1c(CNC(CO)COC)nc2ccccc21. The predicted molar refractivity (Wildman–Crippen MR) is 79.6 cm³/mol. The predicted octanol–water partition coefficient (Wildman–Crippen LogP) is 1.54. The number of aryl methyl sites for hydroxylation is 1. The van der Waals surface area contributed by atoms with Gasteiger partial charge in [0.15, 0.2) is 0 Å². The smallest absolute Gasteiger partial charge is 0.123 e. The number of para-hydroxylation sites is 2. The molecule has 1 unspecified atom stereocenters. The summed E-state index contributed by atoms with van der Waals surface area (Å²) in [6.45, 7) is 4.29. The van der Waals surface area contributed by atoms with Gasteiger partial charge in [-0.15, -0.1) is 0 Å².